The lowest BCUT2D eigenvalue weighted by molar-refractivity contribution is 0.0268. The summed E-state index contributed by atoms with van der Waals surface area (Å²) in [6.07, 6.45) is 1.63. The number of sulfone groups is 1. The molecule has 0 radical (unpaired) electrons. The Labute approximate surface area is 73.2 Å². The molecule has 1 aliphatic rings. The maximum absolute atomic E-state index is 11.1. The summed E-state index contributed by atoms with van der Waals surface area (Å²) < 4.78 is 22.3. The molecule has 0 aromatic rings. The van der Waals surface area contributed by atoms with Gasteiger partial charge in [0.15, 0.2) is 9.84 Å². The van der Waals surface area contributed by atoms with Crippen LogP contribution in [-0.4, -0.2) is 32.6 Å². The van der Waals surface area contributed by atoms with Crippen LogP contribution in [0.2, 0.25) is 0 Å². The van der Waals surface area contributed by atoms with Gasteiger partial charge in [0.05, 0.1) is 18.1 Å². The molecule has 72 valence electrons. The van der Waals surface area contributed by atoms with Gasteiger partial charge in [-0.05, 0) is 19.8 Å². The van der Waals surface area contributed by atoms with E-state index in [1.807, 2.05) is 6.92 Å². The van der Waals surface area contributed by atoms with Gasteiger partial charge in [0, 0.05) is 6.04 Å². The quantitative estimate of drug-likeness (QED) is 0.646. The lowest BCUT2D eigenvalue weighted by atomic mass is 10.2. The highest BCUT2D eigenvalue weighted by Crippen LogP contribution is 2.11. The van der Waals surface area contributed by atoms with Crippen LogP contribution in [-0.2, 0) is 14.7 Å². The Morgan fingerprint density at radius 2 is 2.33 bits per heavy atom. The largest absolute Gasteiger partial charge is 0.302 e. The normalized spacial score (nSPS) is 28.6. The third kappa shape index (κ3) is 3.08. The molecule has 4 nitrogen and oxygen atoms in total. The summed E-state index contributed by atoms with van der Waals surface area (Å²) in [7, 11) is -2.80. The summed E-state index contributed by atoms with van der Waals surface area (Å²) >= 11 is 0. The molecule has 0 aliphatic carbocycles. The van der Waals surface area contributed by atoms with E-state index in [4.69, 9.17) is 4.84 Å². The van der Waals surface area contributed by atoms with E-state index in [1.165, 1.54) is 0 Å². The van der Waals surface area contributed by atoms with Gasteiger partial charge in [-0.2, -0.15) is 5.48 Å². The SMILES string of the molecule is CCONC1CCCS(=O)(=O)C1. The van der Waals surface area contributed by atoms with Crippen molar-refractivity contribution in [1.29, 1.82) is 0 Å². The standard InChI is InChI=1S/C7H15NO3S/c1-2-11-8-7-4-3-5-12(9,10)6-7/h7-8H,2-6H2,1H3. The van der Waals surface area contributed by atoms with Crippen molar-refractivity contribution in [2.75, 3.05) is 18.1 Å². The predicted octanol–water partition coefficient (Wildman–Crippen LogP) is 0.105. The van der Waals surface area contributed by atoms with Gasteiger partial charge in [0.2, 0.25) is 0 Å². The monoisotopic (exact) mass is 193 g/mol. The third-order valence-electron chi connectivity index (χ3n) is 1.86. The Kier molecular flexibility index (Phi) is 3.49. The minimum atomic E-state index is -2.80. The molecule has 0 spiro atoms. The van der Waals surface area contributed by atoms with Crippen molar-refractivity contribution in [2.45, 2.75) is 25.8 Å². The Balaban J connectivity index is 2.36. The summed E-state index contributed by atoms with van der Waals surface area (Å²) in [6.45, 7) is 2.43. The Bertz CT molecular complexity index is 225. The van der Waals surface area contributed by atoms with Crippen molar-refractivity contribution in [2.24, 2.45) is 0 Å². The predicted molar refractivity (Wildman–Crippen MR) is 46.4 cm³/mol. The number of hydrogen-bond donors (Lipinski definition) is 1. The molecule has 1 aliphatic heterocycles. The van der Waals surface area contributed by atoms with Crippen LogP contribution in [0, 0.1) is 0 Å². The number of nitrogens with one attached hydrogen (secondary N) is 1. The Morgan fingerprint density at radius 1 is 1.58 bits per heavy atom. The molecule has 12 heavy (non-hydrogen) atoms. The van der Waals surface area contributed by atoms with Crippen LogP contribution >= 0.6 is 0 Å². The lowest BCUT2D eigenvalue weighted by Crippen LogP contribution is -2.40. The maximum atomic E-state index is 11.1. The minimum absolute atomic E-state index is 0.0105. The molecular formula is C7H15NO3S. The van der Waals surface area contributed by atoms with Crippen LogP contribution in [0.4, 0.5) is 0 Å². The molecule has 0 aromatic heterocycles. The first kappa shape index (κ1) is 9.95. The number of hydroxylamine groups is 1. The minimum Gasteiger partial charge on any atom is -0.302 e. The molecule has 1 rings (SSSR count). The lowest BCUT2D eigenvalue weighted by Gasteiger charge is -2.22. The fraction of sp³-hybridized carbons (Fsp3) is 1.00. The van der Waals surface area contributed by atoms with Crippen molar-refractivity contribution in [3.8, 4) is 0 Å². The Hall–Kier alpha value is -0.130. The molecule has 1 heterocycles. The van der Waals surface area contributed by atoms with Gasteiger partial charge < -0.3 is 4.84 Å². The summed E-state index contributed by atoms with van der Waals surface area (Å²) in [5.41, 5.74) is 2.75. The van der Waals surface area contributed by atoms with Crippen molar-refractivity contribution in [3.63, 3.8) is 0 Å². The van der Waals surface area contributed by atoms with Gasteiger partial charge in [-0.15, -0.1) is 0 Å². The van der Waals surface area contributed by atoms with Gasteiger partial charge >= 0.3 is 0 Å². The Morgan fingerprint density at radius 3 is 2.92 bits per heavy atom. The molecule has 1 atom stereocenters. The fourth-order valence-electron chi connectivity index (χ4n) is 1.32. The highest BCUT2D eigenvalue weighted by Gasteiger charge is 2.24. The molecule has 0 saturated carbocycles. The van der Waals surface area contributed by atoms with Gasteiger partial charge in [-0.3, -0.25) is 0 Å². The first-order chi connectivity index (χ1) is 5.64. The molecule has 0 bridgehead atoms. The van der Waals surface area contributed by atoms with E-state index >= 15 is 0 Å². The fourth-order valence-corrected chi connectivity index (χ4v) is 2.94. The molecule has 5 heteroatoms. The van der Waals surface area contributed by atoms with Crippen LogP contribution in [0.5, 0.6) is 0 Å². The summed E-state index contributed by atoms with van der Waals surface area (Å²) in [4.78, 5) is 4.95. The van der Waals surface area contributed by atoms with Gasteiger partial charge in [0.25, 0.3) is 0 Å². The van der Waals surface area contributed by atoms with E-state index in [1.54, 1.807) is 0 Å². The average Bonchev–Trinajstić information content (AvgIpc) is 1.99. The molecule has 0 amide bonds. The second kappa shape index (κ2) is 4.20. The van der Waals surface area contributed by atoms with Crippen molar-refractivity contribution < 1.29 is 13.3 Å². The second-order valence-corrected chi connectivity index (χ2v) is 5.23. The molecule has 1 saturated heterocycles. The summed E-state index contributed by atoms with van der Waals surface area (Å²) in [5, 5.41) is 0. The van der Waals surface area contributed by atoms with Crippen LogP contribution < -0.4 is 5.48 Å². The zero-order chi connectivity index (χ0) is 9.03. The van der Waals surface area contributed by atoms with Crippen LogP contribution in [0.15, 0.2) is 0 Å². The third-order valence-corrected chi connectivity index (χ3v) is 3.68. The van der Waals surface area contributed by atoms with E-state index in [2.05, 4.69) is 5.48 Å². The first-order valence-electron chi connectivity index (χ1n) is 4.22. The van der Waals surface area contributed by atoms with E-state index in [0.29, 0.717) is 12.4 Å². The van der Waals surface area contributed by atoms with Crippen molar-refractivity contribution in [3.05, 3.63) is 0 Å². The molecule has 0 aromatic carbocycles. The van der Waals surface area contributed by atoms with E-state index in [-0.39, 0.29) is 11.8 Å². The van der Waals surface area contributed by atoms with Crippen LogP contribution in [0.25, 0.3) is 0 Å². The molecular weight excluding hydrogens is 178 g/mol. The number of hydrogen-bond acceptors (Lipinski definition) is 4. The highest BCUT2D eigenvalue weighted by atomic mass is 32.2. The zero-order valence-electron chi connectivity index (χ0n) is 7.25. The van der Waals surface area contributed by atoms with Gasteiger partial charge in [-0.25, -0.2) is 8.42 Å². The zero-order valence-corrected chi connectivity index (χ0v) is 8.06. The van der Waals surface area contributed by atoms with Gasteiger partial charge in [0.1, 0.15) is 0 Å². The molecule has 1 unspecified atom stereocenters. The van der Waals surface area contributed by atoms with Crippen molar-refractivity contribution in [1.82, 2.24) is 5.48 Å². The van der Waals surface area contributed by atoms with E-state index in [9.17, 15) is 8.42 Å². The average molecular weight is 193 g/mol. The smallest absolute Gasteiger partial charge is 0.151 e. The van der Waals surface area contributed by atoms with Crippen molar-refractivity contribution >= 4 is 9.84 Å². The number of rotatable bonds is 3. The summed E-state index contributed by atoms with van der Waals surface area (Å²) in [6, 6.07) is -0.0105. The van der Waals surface area contributed by atoms with Crippen LogP contribution in [0.3, 0.4) is 0 Å². The summed E-state index contributed by atoms with van der Waals surface area (Å²) in [5.74, 6) is 0.546. The molecule has 1 N–H and O–H groups in total. The van der Waals surface area contributed by atoms with E-state index in [0.717, 1.165) is 12.8 Å². The van der Waals surface area contributed by atoms with Crippen LogP contribution in [0.1, 0.15) is 19.8 Å². The molecule has 1 fully saturated rings. The van der Waals surface area contributed by atoms with Gasteiger partial charge in [-0.1, -0.05) is 0 Å². The highest BCUT2D eigenvalue weighted by molar-refractivity contribution is 7.91. The first-order valence-corrected chi connectivity index (χ1v) is 6.04. The topological polar surface area (TPSA) is 55.4 Å². The second-order valence-electron chi connectivity index (χ2n) is 3.00. The maximum Gasteiger partial charge on any atom is 0.151 e. The van der Waals surface area contributed by atoms with E-state index < -0.39 is 9.84 Å².